The Morgan fingerprint density at radius 2 is 1.73 bits per heavy atom. The van der Waals surface area contributed by atoms with Crippen molar-refractivity contribution in [1.29, 1.82) is 0 Å². The van der Waals surface area contributed by atoms with E-state index in [-0.39, 0.29) is 35.6 Å². The summed E-state index contributed by atoms with van der Waals surface area (Å²) in [5.41, 5.74) is 3.34. The molecule has 222 valence electrons. The third-order valence-electron chi connectivity index (χ3n) is 8.94. The summed E-state index contributed by atoms with van der Waals surface area (Å²) in [5, 5.41) is -0.237. The normalized spacial score (nSPS) is 22.9. The number of Topliss-reactive ketones (excluding diaryl/α,β-unsaturated/α-hetero) is 1. The van der Waals surface area contributed by atoms with E-state index < -0.39 is 9.84 Å². The first-order chi connectivity index (χ1) is 20.0. The van der Waals surface area contributed by atoms with Crippen LogP contribution in [0.15, 0.2) is 35.5 Å². The summed E-state index contributed by atoms with van der Waals surface area (Å²) in [6, 6.07) is 5.73. The molecule has 0 spiro atoms. The number of benzene rings is 1. The van der Waals surface area contributed by atoms with Gasteiger partial charge in [0.15, 0.2) is 16.1 Å². The van der Waals surface area contributed by atoms with E-state index in [0.29, 0.717) is 29.5 Å². The first-order valence-corrected chi connectivity index (χ1v) is 17.0. The van der Waals surface area contributed by atoms with Crippen molar-refractivity contribution in [3.63, 3.8) is 0 Å². The smallest absolute Gasteiger partial charge is 0.181 e. The highest BCUT2D eigenvalue weighted by Gasteiger charge is 2.41. The van der Waals surface area contributed by atoms with Gasteiger partial charge in [0.25, 0.3) is 0 Å². The molecular formula is C32H42N2O6S. The van der Waals surface area contributed by atoms with Crippen LogP contribution in [-0.4, -0.2) is 62.1 Å². The Morgan fingerprint density at radius 3 is 2.41 bits per heavy atom. The number of ether oxygens (including phenoxy) is 3. The highest BCUT2D eigenvalue weighted by atomic mass is 32.2. The molecule has 1 unspecified atom stereocenters. The standard InChI is InChI=1S/C32H42N2O6S/c35-30(19-26-21-33-25(20-34-26)12-16-40-32-3-1-2-13-39-32)28(17-22-10-14-38-15-11-22)24-6-9-31(29(18-24)23-4-5-23)41(36,37)27-7-8-27/h6,9,18,20-23,27-28,32H,1-5,7-8,10-17,19H2/t28-,32?/m1/s1. The molecule has 9 heteroatoms. The molecule has 2 saturated heterocycles. The molecule has 2 aromatic rings. The van der Waals surface area contributed by atoms with E-state index in [2.05, 4.69) is 9.97 Å². The molecule has 4 fully saturated rings. The fourth-order valence-electron chi connectivity index (χ4n) is 6.12. The number of sulfone groups is 1. The lowest BCUT2D eigenvalue weighted by Crippen LogP contribution is -2.24. The number of carbonyl (C=O) groups excluding carboxylic acids is 1. The molecule has 2 saturated carbocycles. The van der Waals surface area contributed by atoms with E-state index in [1.54, 1.807) is 18.5 Å². The van der Waals surface area contributed by atoms with Gasteiger partial charge in [-0.05, 0) is 93.2 Å². The van der Waals surface area contributed by atoms with Crippen molar-refractivity contribution in [1.82, 2.24) is 9.97 Å². The lowest BCUT2D eigenvalue weighted by Gasteiger charge is -2.27. The molecule has 1 aromatic heterocycles. The second kappa shape index (κ2) is 13.0. The SMILES string of the molecule is O=C(Cc1cnc(CCOC2CCCCO2)cn1)[C@H](CC1CCOCC1)c1ccc(S(=O)(=O)C2CC2)c(C2CC2)c1. The number of hydrogen-bond acceptors (Lipinski definition) is 8. The van der Waals surface area contributed by atoms with Crippen LogP contribution in [0.3, 0.4) is 0 Å². The largest absolute Gasteiger partial charge is 0.381 e. The zero-order valence-electron chi connectivity index (χ0n) is 23.8. The van der Waals surface area contributed by atoms with Gasteiger partial charge in [-0.25, -0.2) is 8.42 Å². The molecule has 6 rings (SSSR count). The predicted molar refractivity (Wildman–Crippen MR) is 154 cm³/mol. The topological polar surface area (TPSA) is 105 Å². The molecule has 1 aromatic carbocycles. The molecule has 0 bridgehead atoms. The monoisotopic (exact) mass is 582 g/mol. The minimum atomic E-state index is -3.29. The molecule has 0 N–H and O–H groups in total. The van der Waals surface area contributed by atoms with E-state index in [9.17, 15) is 13.2 Å². The molecule has 2 aliphatic carbocycles. The van der Waals surface area contributed by atoms with Crippen molar-refractivity contribution in [2.45, 2.75) is 105 Å². The van der Waals surface area contributed by atoms with Crippen molar-refractivity contribution in [3.05, 3.63) is 53.1 Å². The number of rotatable bonds is 13. The first-order valence-electron chi connectivity index (χ1n) is 15.5. The van der Waals surface area contributed by atoms with Crippen LogP contribution in [0.1, 0.15) is 98.6 Å². The highest BCUT2D eigenvalue weighted by molar-refractivity contribution is 7.92. The Hall–Kier alpha value is -2.20. The van der Waals surface area contributed by atoms with E-state index >= 15 is 0 Å². The third kappa shape index (κ3) is 7.42. The van der Waals surface area contributed by atoms with Crippen LogP contribution in [0.25, 0.3) is 0 Å². The summed E-state index contributed by atoms with van der Waals surface area (Å²) < 4.78 is 43.4. The molecule has 3 heterocycles. The molecule has 41 heavy (non-hydrogen) atoms. The maximum absolute atomic E-state index is 13.9. The van der Waals surface area contributed by atoms with Crippen LogP contribution in [-0.2, 0) is 41.7 Å². The second-order valence-electron chi connectivity index (χ2n) is 12.2. The Balaban J connectivity index is 1.16. The van der Waals surface area contributed by atoms with Crippen LogP contribution in [0.4, 0.5) is 0 Å². The van der Waals surface area contributed by atoms with Gasteiger partial charge in [-0.1, -0.05) is 12.1 Å². The van der Waals surface area contributed by atoms with Crippen molar-refractivity contribution in [2.24, 2.45) is 5.92 Å². The zero-order valence-corrected chi connectivity index (χ0v) is 24.7. The first kappa shape index (κ1) is 28.9. The summed E-state index contributed by atoms with van der Waals surface area (Å²) in [4.78, 5) is 23.5. The van der Waals surface area contributed by atoms with Gasteiger partial charge in [0.05, 0.1) is 34.6 Å². The summed E-state index contributed by atoms with van der Waals surface area (Å²) in [6.45, 7) is 2.73. The predicted octanol–water partition coefficient (Wildman–Crippen LogP) is 5.09. The van der Waals surface area contributed by atoms with Crippen molar-refractivity contribution < 1.29 is 27.4 Å². The Bertz CT molecular complexity index is 1290. The van der Waals surface area contributed by atoms with Crippen molar-refractivity contribution in [2.75, 3.05) is 26.4 Å². The van der Waals surface area contributed by atoms with Gasteiger partial charge >= 0.3 is 0 Å². The summed E-state index contributed by atoms with van der Waals surface area (Å²) in [6.07, 6.45) is 13.5. The van der Waals surface area contributed by atoms with Crippen LogP contribution in [0, 0.1) is 5.92 Å². The number of carbonyl (C=O) groups is 1. The fraction of sp³-hybridized carbons (Fsp3) is 0.656. The van der Waals surface area contributed by atoms with Crippen LogP contribution in [0.2, 0.25) is 0 Å². The molecule has 2 aliphatic heterocycles. The van der Waals surface area contributed by atoms with E-state index in [1.165, 1.54) is 0 Å². The van der Waals surface area contributed by atoms with Crippen molar-refractivity contribution >= 4 is 15.6 Å². The summed E-state index contributed by atoms with van der Waals surface area (Å²) in [7, 11) is -3.29. The molecule has 4 aliphatic rings. The lowest BCUT2D eigenvalue weighted by molar-refractivity contribution is -0.161. The number of aromatic nitrogens is 2. The van der Waals surface area contributed by atoms with Crippen LogP contribution >= 0.6 is 0 Å². The third-order valence-corrected chi connectivity index (χ3v) is 11.3. The number of hydrogen-bond donors (Lipinski definition) is 0. The maximum atomic E-state index is 13.9. The summed E-state index contributed by atoms with van der Waals surface area (Å²) in [5.74, 6) is 0.484. The molecule has 0 amide bonds. The average Bonchev–Trinajstić information content (AvgIpc) is 3.91. The minimum absolute atomic E-state index is 0.107. The van der Waals surface area contributed by atoms with Gasteiger partial charge in [-0.3, -0.25) is 14.8 Å². The van der Waals surface area contributed by atoms with Gasteiger partial charge in [0.2, 0.25) is 0 Å². The van der Waals surface area contributed by atoms with Gasteiger partial charge in [-0.2, -0.15) is 0 Å². The Kier molecular flexibility index (Phi) is 9.15. The van der Waals surface area contributed by atoms with E-state index in [1.807, 2.05) is 12.1 Å². The quantitative estimate of drug-likeness (QED) is 0.322. The molecular weight excluding hydrogens is 540 g/mol. The minimum Gasteiger partial charge on any atom is -0.381 e. The zero-order chi connectivity index (χ0) is 28.2. The van der Waals surface area contributed by atoms with Crippen molar-refractivity contribution in [3.8, 4) is 0 Å². The molecule has 2 atom stereocenters. The van der Waals surface area contributed by atoms with Gasteiger partial charge in [0, 0.05) is 44.6 Å². The van der Waals surface area contributed by atoms with Crippen LogP contribution < -0.4 is 0 Å². The van der Waals surface area contributed by atoms with Crippen LogP contribution in [0.5, 0.6) is 0 Å². The van der Waals surface area contributed by atoms with E-state index in [4.69, 9.17) is 14.2 Å². The highest BCUT2D eigenvalue weighted by Crippen LogP contribution is 2.46. The molecule has 8 nitrogen and oxygen atoms in total. The fourth-order valence-corrected chi connectivity index (χ4v) is 8.05. The maximum Gasteiger partial charge on any atom is 0.181 e. The van der Waals surface area contributed by atoms with Gasteiger partial charge < -0.3 is 14.2 Å². The lowest BCUT2D eigenvalue weighted by atomic mass is 9.81. The van der Waals surface area contributed by atoms with Gasteiger partial charge in [0.1, 0.15) is 5.78 Å². The van der Waals surface area contributed by atoms with Gasteiger partial charge in [-0.15, -0.1) is 0 Å². The average molecular weight is 583 g/mol. The summed E-state index contributed by atoms with van der Waals surface area (Å²) >= 11 is 0. The Labute approximate surface area is 243 Å². The molecule has 0 radical (unpaired) electrons. The number of nitrogens with zero attached hydrogens (tertiary/aromatic N) is 2. The second-order valence-corrected chi connectivity index (χ2v) is 14.4. The van der Waals surface area contributed by atoms with E-state index in [0.717, 1.165) is 101 Å². The Morgan fingerprint density at radius 1 is 0.951 bits per heavy atom. The number of ketones is 1.